The molecule has 2 rings (SSSR count). The zero-order valence-electron chi connectivity index (χ0n) is 11.7. The van der Waals surface area contributed by atoms with E-state index in [9.17, 15) is 0 Å². The number of rotatable bonds is 3. The molecule has 20 heavy (non-hydrogen) atoms. The smallest absolute Gasteiger partial charge is 0.191 e. The van der Waals surface area contributed by atoms with E-state index in [1.165, 1.54) is 11.1 Å². The lowest BCUT2D eigenvalue weighted by atomic mass is 10.1. The molecular weight excluding hydrogens is 270 g/mol. The van der Waals surface area contributed by atoms with Crippen LogP contribution >= 0.6 is 12.2 Å². The molecule has 0 amide bonds. The highest BCUT2D eigenvalue weighted by molar-refractivity contribution is 7.80. The summed E-state index contributed by atoms with van der Waals surface area (Å²) in [5.74, 6) is 1.53. The summed E-state index contributed by atoms with van der Waals surface area (Å²) in [7, 11) is 0. The summed E-state index contributed by atoms with van der Waals surface area (Å²) in [6.07, 6.45) is 1.59. The molecule has 0 aliphatic rings. The van der Waals surface area contributed by atoms with Gasteiger partial charge in [-0.3, -0.25) is 5.43 Å². The first-order valence-electron chi connectivity index (χ1n) is 6.29. The van der Waals surface area contributed by atoms with Gasteiger partial charge in [0.2, 0.25) is 0 Å². The maximum atomic E-state index is 5.37. The zero-order valence-corrected chi connectivity index (χ0v) is 12.5. The van der Waals surface area contributed by atoms with Gasteiger partial charge >= 0.3 is 0 Å². The number of furan rings is 1. The first-order chi connectivity index (χ1) is 9.56. The third-order valence-electron chi connectivity index (χ3n) is 2.97. The molecule has 1 aromatic heterocycles. The average molecular weight is 287 g/mol. The van der Waals surface area contributed by atoms with Crippen molar-refractivity contribution in [2.24, 2.45) is 5.10 Å². The Labute approximate surface area is 123 Å². The quantitative estimate of drug-likeness (QED) is 0.515. The van der Waals surface area contributed by atoms with E-state index in [2.05, 4.69) is 35.8 Å². The monoisotopic (exact) mass is 287 g/mol. The molecule has 1 aromatic carbocycles. The molecule has 0 fully saturated rings. The Morgan fingerprint density at radius 2 is 2.00 bits per heavy atom. The molecule has 0 saturated heterocycles. The lowest BCUT2D eigenvalue weighted by Gasteiger charge is -2.11. The molecule has 104 valence electrons. The molecule has 0 saturated carbocycles. The van der Waals surface area contributed by atoms with Crippen LogP contribution in [0.1, 0.15) is 22.6 Å². The Bertz CT molecular complexity index is 646. The second-order valence-corrected chi connectivity index (χ2v) is 4.93. The third-order valence-corrected chi connectivity index (χ3v) is 3.17. The van der Waals surface area contributed by atoms with Gasteiger partial charge in [-0.05, 0) is 62.3 Å². The number of benzene rings is 1. The van der Waals surface area contributed by atoms with Crippen LogP contribution in [0.2, 0.25) is 0 Å². The third kappa shape index (κ3) is 3.68. The van der Waals surface area contributed by atoms with Crippen LogP contribution < -0.4 is 10.7 Å². The summed E-state index contributed by atoms with van der Waals surface area (Å²) in [6, 6.07) is 9.77. The molecule has 0 radical (unpaired) electrons. The number of nitrogens with zero attached hydrogens (tertiary/aromatic N) is 1. The molecule has 0 aliphatic carbocycles. The van der Waals surface area contributed by atoms with Crippen molar-refractivity contribution in [2.75, 3.05) is 5.32 Å². The van der Waals surface area contributed by atoms with Gasteiger partial charge in [-0.2, -0.15) is 5.10 Å². The van der Waals surface area contributed by atoms with E-state index in [0.717, 1.165) is 11.4 Å². The molecular formula is C15H17N3OS. The van der Waals surface area contributed by atoms with Gasteiger partial charge in [-0.25, -0.2) is 0 Å². The van der Waals surface area contributed by atoms with Crippen molar-refractivity contribution >= 4 is 29.2 Å². The summed E-state index contributed by atoms with van der Waals surface area (Å²) >= 11 is 5.19. The minimum atomic E-state index is 0.443. The van der Waals surface area contributed by atoms with Crippen molar-refractivity contribution in [3.05, 3.63) is 53.0 Å². The predicted octanol–water partition coefficient (Wildman–Crippen LogP) is 3.53. The first-order valence-corrected chi connectivity index (χ1v) is 6.70. The fraction of sp³-hybridized carbons (Fsp3) is 0.200. The van der Waals surface area contributed by atoms with Crippen molar-refractivity contribution in [2.45, 2.75) is 20.8 Å². The molecule has 0 unspecified atom stereocenters. The van der Waals surface area contributed by atoms with E-state index >= 15 is 0 Å². The second kappa shape index (κ2) is 6.34. The van der Waals surface area contributed by atoms with Gasteiger partial charge < -0.3 is 9.73 Å². The summed E-state index contributed by atoms with van der Waals surface area (Å²) in [5.41, 5.74) is 6.13. The Morgan fingerprint density at radius 1 is 1.20 bits per heavy atom. The van der Waals surface area contributed by atoms with Gasteiger partial charge in [0, 0.05) is 5.69 Å². The Hall–Kier alpha value is -2.14. The average Bonchev–Trinajstić information content (AvgIpc) is 2.81. The predicted molar refractivity (Wildman–Crippen MR) is 86.3 cm³/mol. The molecule has 0 spiro atoms. The topological polar surface area (TPSA) is 49.6 Å². The summed E-state index contributed by atoms with van der Waals surface area (Å²) < 4.78 is 5.37. The fourth-order valence-corrected chi connectivity index (χ4v) is 1.88. The van der Waals surface area contributed by atoms with E-state index in [-0.39, 0.29) is 0 Å². The highest BCUT2D eigenvalue weighted by atomic mass is 32.1. The molecule has 1 heterocycles. The lowest BCUT2D eigenvalue weighted by molar-refractivity contribution is 0.527. The van der Waals surface area contributed by atoms with Crippen LogP contribution in [0, 0.1) is 20.8 Å². The highest BCUT2D eigenvalue weighted by Crippen LogP contribution is 2.17. The van der Waals surface area contributed by atoms with Crippen molar-refractivity contribution in [1.82, 2.24) is 5.43 Å². The van der Waals surface area contributed by atoms with Crippen molar-refractivity contribution < 1.29 is 4.42 Å². The Kier molecular flexibility index (Phi) is 4.53. The number of hydrogen-bond acceptors (Lipinski definition) is 3. The number of aryl methyl sites for hydroxylation is 2. The Balaban J connectivity index is 1.93. The normalized spacial score (nSPS) is 10.8. The standard InChI is InChI=1S/C15H17N3OS/c1-10-5-4-6-14(12(10)3)17-15(20)18-16-9-13-8-7-11(2)19-13/h4-9H,1-3H3,(H2,17,18,20)/b16-9-. The number of hydrazone groups is 1. The minimum absolute atomic E-state index is 0.443. The second-order valence-electron chi connectivity index (χ2n) is 4.52. The largest absolute Gasteiger partial charge is 0.460 e. The molecule has 4 nitrogen and oxygen atoms in total. The SMILES string of the molecule is Cc1ccc(/C=N\NC(=S)Nc2cccc(C)c2C)o1. The van der Waals surface area contributed by atoms with Gasteiger partial charge in [0.1, 0.15) is 11.5 Å². The molecule has 0 atom stereocenters. The Morgan fingerprint density at radius 3 is 2.70 bits per heavy atom. The van der Waals surface area contributed by atoms with Crippen LogP contribution in [0.4, 0.5) is 5.69 Å². The lowest BCUT2D eigenvalue weighted by Crippen LogP contribution is -2.24. The summed E-state index contributed by atoms with van der Waals surface area (Å²) in [4.78, 5) is 0. The minimum Gasteiger partial charge on any atom is -0.460 e. The van der Waals surface area contributed by atoms with Gasteiger partial charge in [0.15, 0.2) is 5.11 Å². The molecule has 2 N–H and O–H groups in total. The van der Waals surface area contributed by atoms with Crippen molar-refractivity contribution in [3.63, 3.8) is 0 Å². The van der Waals surface area contributed by atoms with E-state index in [1.807, 2.05) is 31.2 Å². The van der Waals surface area contributed by atoms with Crippen molar-refractivity contribution in [1.29, 1.82) is 0 Å². The first kappa shape index (κ1) is 14.3. The number of hydrogen-bond donors (Lipinski definition) is 2. The molecule has 0 bridgehead atoms. The highest BCUT2D eigenvalue weighted by Gasteiger charge is 2.02. The van der Waals surface area contributed by atoms with Gasteiger partial charge in [-0.15, -0.1) is 0 Å². The molecule has 2 aromatic rings. The fourth-order valence-electron chi connectivity index (χ4n) is 1.71. The molecule has 5 heteroatoms. The summed E-state index contributed by atoms with van der Waals surface area (Å²) in [5, 5.41) is 7.59. The number of nitrogens with one attached hydrogen (secondary N) is 2. The zero-order chi connectivity index (χ0) is 14.5. The number of anilines is 1. The molecule has 0 aliphatic heterocycles. The van der Waals surface area contributed by atoms with Crippen LogP contribution in [0.15, 0.2) is 39.9 Å². The van der Waals surface area contributed by atoms with E-state index in [1.54, 1.807) is 6.21 Å². The van der Waals surface area contributed by atoms with Gasteiger partial charge in [0.05, 0.1) is 6.21 Å². The van der Waals surface area contributed by atoms with Crippen LogP contribution in [-0.2, 0) is 0 Å². The van der Waals surface area contributed by atoms with Crippen molar-refractivity contribution in [3.8, 4) is 0 Å². The van der Waals surface area contributed by atoms with E-state index in [0.29, 0.717) is 10.9 Å². The maximum absolute atomic E-state index is 5.37. The van der Waals surface area contributed by atoms with Crippen LogP contribution in [0.3, 0.4) is 0 Å². The van der Waals surface area contributed by atoms with Crippen LogP contribution in [-0.4, -0.2) is 11.3 Å². The van der Waals surface area contributed by atoms with Gasteiger partial charge in [0.25, 0.3) is 0 Å². The van der Waals surface area contributed by atoms with Gasteiger partial charge in [-0.1, -0.05) is 12.1 Å². The van der Waals surface area contributed by atoms with Crippen LogP contribution in [0.5, 0.6) is 0 Å². The number of thiocarbonyl (C=S) groups is 1. The van der Waals surface area contributed by atoms with E-state index < -0.39 is 0 Å². The maximum Gasteiger partial charge on any atom is 0.191 e. The summed E-state index contributed by atoms with van der Waals surface area (Å²) in [6.45, 7) is 6.00. The van der Waals surface area contributed by atoms with E-state index in [4.69, 9.17) is 16.6 Å². The van der Waals surface area contributed by atoms with Crippen LogP contribution in [0.25, 0.3) is 0 Å².